The molecule has 4 heterocycles. The van der Waals surface area contributed by atoms with Crippen molar-refractivity contribution in [1.82, 2.24) is 19.8 Å². The van der Waals surface area contributed by atoms with Gasteiger partial charge in [-0.2, -0.15) is 0 Å². The van der Waals surface area contributed by atoms with Gasteiger partial charge in [0.1, 0.15) is 5.76 Å². The van der Waals surface area contributed by atoms with Gasteiger partial charge in [0.05, 0.1) is 30.6 Å². The number of aromatic nitrogens is 2. The molecule has 1 aliphatic rings. The lowest BCUT2D eigenvalue weighted by atomic mass is 9.96. The molecule has 1 aromatic carbocycles. The zero-order valence-corrected chi connectivity index (χ0v) is 20.2. The molecule has 33 heavy (non-hydrogen) atoms. The second kappa shape index (κ2) is 8.52. The van der Waals surface area contributed by atoms with Crippen LogP contribution in [0.2, 0.25) is 0 Å². The van der Waals surface area contributed by atoms with E-state index in [1.807, 2.05) is 30.5 Å². The lowest BCUT2D eigenvalue weighted by Crippen LogP contribution is -2.29. The van der Waals surface area contributed by atoms with Gasteiger partial charge in [-0.25, -0.2) is 0 Å². The van der Waals surface area contributed by atoms with Crippen LogP contribution in [0.15, 0.2) is 71.5 Å². The maximum Gasteiger partial charge on any atom is 0.170 e. The summed E-state index contributed by atoms with van der Waals surface area (Å²) in [6, 6.07) is 18.8. The van der Waals surface area contributed by atoms with Crippen molar-refractivity contribution in [2.45, 2.75) is 46.3 Å². The van der Waals surface area contributed by atoms with Gasteiger partial charge in [-0.1, -0.05) is 18.2 Å². The first-order valence-corrected chi connectivity index (χ1v) is 11.6. The number of nitrogens with zero attached hydrogens (tertiary/aromatic N) is 3. The molecule has 5 rings (SSSR count). The fourth-order valence-electron chi connectivity index (χ4n) is 4.90. The SMILES string of the molecule is Cc1ccc(C)c(-n2c(C)cc([C@@H]3[C@@H](c4ccccn4)NC(=S)N3Cc3ccco3)c2C)c1. The highest BCUT2D eigenvalue weighted by molar-refractivity contribution is 7.80. The quantitative estimate of drug-likeness (QED) is 0.381. The van der Waals surface area contributed by atoms with Crippen LogP contribution in [-0.4, -0.2) is 19.6 Å². The Morgan fingerprint density at radius 2 is 1.88 bits per heavy atom. The molecule has 168 valence electrons. The highest BCUT2D eigenvalue weighted by Gasteiger charge is 2.41. The number of pyridine rings is 1. The van der Waals surface area contributed by atoms with E-state index in [-0.39, 0.29) is 12.1 Å². The molecule has 0 bridgehead atoms. The Balaban J connectivity index is 1.65. The molecular weight excluding hydrogens is 428 g/mol. The van der Waals surface area contributed by atoms with Crippen LogP contribution in [0.4, 0.5) is 0 Å². The molecular formula is C27H28N4OS. The zero-order valence-electron chi connectivity index (χ0n) is 19.4. The molecule has 1 aliphatic heterocycles. The Hall–Kier alpha value is -3.38. The second-order valence-electron chi connectivity index (χ2n) is 8.79. The minimum absolute atomic E-state index is 0.0115. The van der Waals surface area contributed by atoms with Crippen LogP contribution < -0.4 is 5.32 Å². The number of benzene rings is 1. The van der Waals surface area contributed by atoms with E-state index in [1.54, 1.807) is 6.26 Å². The highest BCUT2D eigenvalue weighted by Crippen LogP contribution is 2.42. The second-order valence-corrected chi connectivity index (χ2v) is 9.17. The molecule has 6 heteroatoms. The van der Waals surface area contributed by atoms with Crippen LogP contribution in [0.25, 0.3) is 5.69 Å². The number of rotatable bonds is 5. The fraction of sp³-hybridized carbons (Fsp3) is 0.259. The fourth-order valence-corrected chi connectivity index (χ4v) is 5.21. The summed E-state index contributed by atoms with van der Waals surface area (Å²) in [5.74, 6) is 0.883. The Bertz CT molecular complexity index is 1290. The van der Waals surface area contributed by atoms with Crippen molar-refractivity contribution in [3.05, 3.63) is 107 Å². The molecule has 0 radical (unpaired) electrons. The van der Waals surface area contributed by atoms with Gasteiger partial charge in [-0.05, 0) is 93.0 Å². The molecule has 1 N–H and O–H groups in total. The van der Waals surface area contributed by atoms with E-state index in [9.17, 15) is 0 Å². The zero-order chi connectivity index (χ0) is 23.1. The van der Waals surface area contributed by atoms with Gasteiger partial charge in [-0.15, -0.1) is 0 Å². The van der Waals surface area contributed by atoms with Crippen molar-refractivity contribution < 1.29 is 4.42 Å². The normalized spacial score (nSPS) is 18.1. The van der Waals surface area contributed by atoms with Crippen molar-refractivity contribution in [2.75, 3.05) is 0 Å². The van der Waals surface area contributed by atoms with Crippen molar-refractivity contribution >= 4 is 17.3 Å². The molecule has 0 aliphatic carbocycles. The summed E-state index contributed by atoms with van der Waals surface area (Å²) in [4.78, 5) is 6.89. The molecule has 0 spiro atoms. The molecule has 2 atom stereocenters. The Kier molecular flexibility index (Phi) is 5.54. The van der Waals surface area contributed by atoms with Crippen LogP contribution in [0.5, 0.6) is 0 Å². The molecule has 3 aromatic heterocycles. The van der Waals surface area contributed by atoms with E-state index in [0.717, 1.165) is 11.5 Å². The lowest BCUT2D eigenvalue weighted by Gasteiger charge is -2.27. The van der Waals surface area contributed by atoms with E-state index in [0.29, 0.717) is 11.7 Å². The predicted molar refractivity (Wildman–Crippen MR) is 134 cm³/mol. The Morgan fingerprint density at radius 3 is 2.61 bits per heavy atom. The summed E-state index contributed by atoms with van der Waals surface area (Å²) in [7, 11) is 0. The number of furan rings is 1. The smallest absolute Gasteiger partial charge is 0.170 e. The number of nitrogens with one attached hydrogen (secondary N) is 1. The maximum atomic E-state index is 5.82. The van der Waals surface area contributed by atoms with Crippen molar-refractivity contribution in [2.24, 2.45) is 0 Å². The summed E-state index contributed by atoms with van der Waals surface area (Å²) >= 11 is 5.82. The van der Waals surface area contributed by atoms with E-state index in [2.05, 4.69) is 77.8 Å². The Morgan fingerprint density at radius 1 is 1.03 bits per heavy atom. The van der Waals surface area contributed by atoms with Crippen molar-refractivity contribution in [1.29, 1.82) is 0 Å². The van der Waals surface area contributed by atoms with E-state index in [1.165, 1.54) is 33.8 Å². The third kappa shape index (κ3) is 3.85. The highest BCUT2D eigenvalue weighted by atomic mass is 32.1. The average Bonchev–Trinajstić information content (AvgIpc) is 3.50. The first-order valence-electron chi connectivity index (χ1n) is 11.2. The van der Waals surface area contributed by atoms with Crippen LogP contribution in [0, 0.1) is 27.7 Å². The first kappa shape index (κ1) is 21.5. The summed E-state index contributed by atoms with van der Waals surface area (Å²) in [6.07, 6.45) is 3.55. The summed E-state index contributed by atoms with van der Waals surface area (Å²) in [5, 5.41) is 4.25. The minimum Gasteiger partial charge on any atom is -0.467 e. The molecule has 4 aromatic rings. The first-order chi connectivity index (χ1) is 15.9. The minimum atomic E-state index is -0.0544. The lowest BCUT2D eigenvalue weighted by molar-refractivity contribution is 0.286. The van der Waals surface area contributed by atoms with E-state index >= 15 is 0 Å². The average molecular weight is 457 g/mol. The standard InChI is InChI=1S/C27H28N4OS/c1-17-10-11-18(2)24(14-17)31-19(3)15-22(20(31)4)26-25(23-9-5-6-12-28-23)29-27(33)30(26)16-21-8-7-13-32-21/h5-15,25-26H,16H2,1-4H3,(H,29,33)/t25-,26-/m1/s1. The molecule has 1 saturated heterocycles. The van der Waals surface area contributed by atoms with Crippen molar-refractivity contribution in [3.8, 4) is 5.69 Å². The van der Waals surface area contributed by atoms with Crippen LogP contribution >= 0.6 is 12.2 Å². The van der Waals surface area contributed by atoms with E-state index < -0.39 is 0 Å². The van der Waals surface area contributed by atoms with Gasteiger partial charge in [0.15, 0.2) is 5.11 Å². The molecule has 5 nitrogen and oxygen atoms in total. The van der Waals surface area contributed by atoms with Crippen LogP contribution in [0.1, 0.15) is 51.6 Å². The summed E-state index contributed by atoms with van der Waals surface area (Å²) in [6.45, 7) is 9.27. The van der Waals surface area contributed by atoms with Gasteiger partial charge in [0, 0.05) is 23.3 Å². The van der Waals surface area contributed by atoms with Crippen molar-refractivity contribution in [3.63, 3.8) is 0 Å². The largest absolute Gasteiger partial charge is 0.467 e. The number of thiocarbonyl (C=S) groups is 1. The summed E-state index contributed by atoms with van der Waals surface area (Å²) < 4.78 is 8.04. The van der Waals surface area contributed by atoms with Crippen LogP contribution in [-0.2, 0) is 6.54 Å². The molecule has 1 fully saturated rings. The van der Waals surface area contributed by atoms with Gasteiger partial charge in [-0.3, -0.25) is 4.98 Å². The number of hydrogen-bond acceptors (Lipinski definition) is 3. The third-order valence-electron chi connectivity index (χ3n) is 6.50. The third-order valence-corrected chi connectivity index (χ3v) is 6.85. The molecule has 0 saturated carbocycles. The number of hydrogen-bond donors (Lipinski definition) is 1. The van der Waals surface area contributed by atoms with Gasteiger partial charge < -0.3 is 19.2 Å². The van der Waals surface area contributed by atoms with Gasteiger partial charge in [0.25, 0.3) is 0 Å². The van der Waals surface area contributed by atoms with Crippen LogP contribution in [0.3, 0.4) is 0 Å². The monoisotopic (exact) mass is 456 g/mol. The predicted octanol–water partition coefficient (Wildman–Crippen LogP) is 5.87. The Labute approximate surface area is 200 Å². The topological polar surface area (TPSA) is 46.2 Å². The van der Waals surface area contributed by atoms with Gasteiger partial charge in [0.2, 0.25) is 0 Å². The number of aryl methyl sites for hydroxylation is 3. The molecule has 0 amide bonds. The van der Waals surface area contributed by atoms with Gasteiger partial charge >= 0.3 is 0 Å². The van der Waals surface area contributed by atoms with E-state index in [4.69, 9.17) is 16.6 Å². The maximum absolute atomic E-state index is 5.82. The molecule has 0 unspecified atom stereocenters. The summed E-state index contributed by atoms with van der Waals surface area (Å²) in [5.41, 5.74) is 8.35.